The minimum Gasteiger partial charge on any atom is -0.337 e. The molecule has 1 aromatic rings. The molecule has 4 nitrogen and oxygen atoms in total. The maximum atomic E-state index is 13.6. The average Bonchev–Trinajstić information content (AvgIpc) is 2.37. The van der Waals surface area contributed by atoms with E-state index in [-0.39, 0.29) is 22.6 Å². The highest BCUT2D eigenvalue weighted by Gasteiger charge is 2.11. The van der Waals surface area contributed by atoms with Crippen molar-refractivity contribution in [2.45, 2.75) is 6.54 Å². The van der Waals surface area contributed by atoms with Gasteiger partial charge in [-0.3, -0.25) is 0 Å². The summed E-state index contributed by atoms with van der Waals surface area (Å²) < 4.78 is 27.2. The number of benzene rings is 1. The van der Waals surface area contributed by atoms with Gasteiger partial charge in [0.1, 0.15) is 11.6 Å². The number of nitrogens with zero attached hydrogens (tertiary/aromatic N) is 1. The van der Waals surface area contributed by atoms with E-state index in [0.29, 0.717) is 13.1 Å². The first-order valence-electron chi connectivity index (χ1n) is 5.71. The smallest absolute Gasteiger partial charge is 0.316 e. The fraction of sp³-hybridized carbons (Fsp3) is 0.417. The molecule has 0 bridgehead atoms. The topological polar surface area (TPSA) is 44.4 Å². The molecule has 0 aliphatic carbocycles. The number of hydrogen-bond acceptors (Lipinski definition) is 2. The molecule has 1 rings (SSSR count). The second-order valence-corrected chi connectivity index (χ2v) is 4.98. The molecule has 106 valence electrons. The Hall–Kier alpha value is -1.21. The molecule has 0 atom stereocenters. The van der Waals surface area contributed by atoms with Crippen LogP contribution in [0.25, 0.3) is 0 Å². The van der Waals surface area contributed by atoms with Crippen molar-refractivity contribution in [3.8, 4) is 0 Å². The predicted octanol–water partition coefficient (Wildman–Crippen LogP) is 2.09. The van der Waals surface area contributed by atoms with E-state index in [2.05, 4.69) is 26.6 Å². The number of halogens is 3. The molecule has 0 aromatic heterocycles. The van der Waals surface area contributed by atoms with Crippen molar-refractivity contribution in [1.82, 2.24) is 15.5 Å². The zero-order chi connectivity index (χ0) is 14.4. The number of carbonyl (C=O) groups excluding carboxylic acids is 1. The minimum absolute atomic E-state index is 0.0201. The van der Waals surface area contributed by atoms with E-state index in [4.69, 9.17) is 0 Å². The van der Waals surface area contributed by atoms with Crippen LogP contribution in [0.3, 0.4) is 0 Å². The summed E-state index contributed by atoms with van der Waals surface area (Å²) in [6.45, 7) is 0.869. The molecule has 0 spiro atoms. The van der Waals surface area contributed by atoms with Gasteiger partial charge < -0.3 is 15.5 Å². The van der Waals surface area contributed by atoms with Gasteiger partial charge in [0.2, 0.25) is 0 Å². The minimum atomic E-state index is -0.607. The lowest BCUT2D eigenvalue weighted by Crippen LogP contribution is -2.38. The molecule has 0 aliphatic rings. The van der Waals surface area contributed by atoms with Crippen LogP contribution in [-0.2, 0) is 6.54 Å². The quantitative estimate of drug-likeness (QED) is 0.639. The Morgan fingerprint density at radius 2 is 2.00 bits per heavy atom. The van der Waals surface area contributed by atoms with Gasteiger partial charge in [0, 0.05) is 39.3 Å². The number of rotatable bonds is 5. The summed E-state index contributed by atoms with van der Waals surface area (Å²) in [5.74, 6) is -1.20. The van der Waals surface area contributed by atoms with Crippen molar-refractivity contribution in [1.29, 1.82) is 0 Å². The van der Waals surface area contributed by atoms with Gasteiger partial charge in [-0.15, -0.1) is 0 Å². The molecule has 19 heavy (non-hydrogen) atoms. The fourth-order valence-electron chi connectivity index (χ4n) is 1.36. The zero-order valence-electron chi connectivity index (χ0n) is 10.8. The molecule has 7 heteroatoms. The molecule has 0 radical (unpaired) electrons. The summed E-state index contributed by atoms with van der Waals surface area (Å²) in [6.07, 6.45) is 0. The lowest BCUT2D eigenvalue weighted by atomic mass is 10.2. The summed E-state index contributed by atoms with van der Waals surface area (Å²) in [5.41, 5.74) is -0.0201. The van der Waals surface area contributed by atoms with Crippen molar-refractivity contribution >= 4 is 22.0 Å². The van der Waals surface area contributed by atoms with Gasteiger partial charge in [-0.05, 0) is 28.1 Å². The Morgan fingerprint density at radius 1 is 1.32 bits per heavy atom. The molecular weight excluding hydrogens is 320 g/mol. The molecule has 0 heterocycles. The maximum absolute atomic E-state index is 13.6. The van der Waals surface area contributed by atoms with E-state index >= 15 is 0 Å². The van der Waals surface area contributed by atoms with Crippen LogP contribution >= 0.6 is 15.9 Å². The van der Waals surface area contributed by atoms with Gasteiger partial charge in [0.15, 0.2) is 0 Å². The Labute approximate surface area is 119 Å². The Balaban J connectivity index is 2.38. The second kappa shape index (κ2) is 7.40. The molecule has 0 saturated heterocycles. The van der Waals surface area contributed by atoms with Crippen molar-refractivity contribution in [2.75, 3.05) is 27.2 Å². The maximum Gasteiger partial charge on any atom is 0.316 e. The number of urea groups is 1. The summed E-state index contributed by atoms with van der Waals surface area (Å²) >= 11 is 3.01. The molecular formula is C12H16BrF2N3O. The highest BCUT2D eigenvalue weighted by molar-refractivity contribution is 9.10. The van der Waals surface area contributed by atoms with E-state index in [0.717, 1.165) is 0 Å². The van der Waals surface area contributed by atoms with Crippen molar-refractivity contribution in [2.24, 2.45) is 0 Å². The molecule has 0 fully saturated rings. The van der Waals surface area contributed by atoms with Crippen LogP contribution in [0, 0.1) is 11.6 Å². The standard InChI is InChI=1S/C12H16BrF2N3O/c1-18(2)12(19)17-6-5-16-7-8-10(14)4-3-9(13)11(8)15/h3-4,16H,5-7H2,1-2H3,(H,17,19). The summed E-state index contributed by atoms with van der Waals surface area (Å²) in [4.78, 5) is 12.6. The van der Waals surface area contributed by atoms with E-state index in [1.165, 1.54) is 17.0 Å². The highest BCUT2D eigenvalue weighted by Crippen LogP contribution is 2.21. The van der Waals surface area contributed by atoms with Crippen LogP contribution in [0.2, 0.25) is 0 Å². The van der Waals surface area contributed by atoms with Gasteiger partial charge in [0.25, 0.3) is 0 Å². The van der Waals surface area contributed by atoms with Crippen LogP contribution in [0.5, 0.6) is 0 Å². The third kappa shape index (κ3) is 4.76. The first kappa shape index (κ1) is 15.8. The third-order valence-corrected chi connectivity index (χ3v) is 3.04. The SMILES string of the molecule is CN(C)C(=O)NCCNCc1c(F)ccc(Br)c1F. The largest absolute Gasteiger partial charge is 0.337 e. The normalized spacial score (nSPS) is 10.4. The van der Waals surface area contributed by atoms with Gasteiger partial charge in [-0.25, -0.2) is 13.6 Å². The third-order valence-electron chi connectivity index (χ3n) is 2.42. The van der Waals surface area contributed by atoms with E-state index in [9.17, 15) is 13.6 Å². The van der Waals surface area contributed by atoms with Gasteiger partial charge in [-0.2, -0.15) is 0 Å². The van der Waals surface area contributed by atoms with E-state index in [1.807, 2.05) is 0 Å². The van der Waals surface area contributed by atoms with Crippen LogP contribution in [0.4, 0.5) is 13.6 Å². The monoisotopic (exact) mass is 335 g/mol. The number of hydrogen-bond donors (Lipinski definition) is 2. The van der Waals surface area contributed by atoms with Crippen molar-refractivity contribution in [3.63, 3.8) is 0 Å². The number of amides is 2. The van der Waals surface area contributed by atoms with Crippen molar-refractivity contribution in [3.05, 3.63) is 33.8 Å². The van der Waals surface area contributed by atoms with Crippen LogP contribution < -0.4 is 10.6 Å². The molecule has 0 aliphatic heterocycles. The van der Waals surface area contributed by atoms with Crippen LogP contribution in [0.15, 0.2) is 16.6 Å². The second-order valence-electron chi connectivity index (χ2n) is 4.12. The zero-order valence-corrected chi connectivity index (χ0v) is 12.4. The summed E-state index contributed by atoms with van der Waals surface area (Å²) in [5, 5.41) is 5.51. The van der Waals surface area contributed by atoms with Gasteiger partial charge in [-0.1, -0.05) is 0 Å². The van der Waals surface area contributed by atoms with Gasteiger partial charge in [0.05, 0.1) is 4.47 Å². The number of carbonyl (C=O) groups is 1. The summed E-state index contributed by atoms with van der Waals surface area (Å²) in [7, 11) is 3.27. The van der Waals surface area contributed by atoms with E-state index in [1.54, 1.807) is 14.1 Å². The van der Waals surface area contributed by atoms with Crippen LogP contribution in [0.1, 0.15) is 5.56 Å². The molecule has 0 unspecified atom stereocenters. The Bertz CT molecular complexity index is 455. The van der Waals surface area contributed by atoms with Crippen LogP contribution in [-0.4, -0.2) is 38.1 Å². The van der Waals surface area contributed by atoms with Gasteiger partial charge >= 0.3 is 6.03 Å². The first-order chi connectivity index (χ1) is 8.93. The lowest BCUT2D eigenvalue weighted by molar-refractivity contribution is 0.217. The van der Waals surface area contributed by atoms with Crippen molar-refractivity contribution < 1.29 is 13.6 Å². The Kier molecular flexibility index (Phi) is 6.17. The average molecular weight is 336 g/mol. The van der Waals surface area contributed by atoms with E-state index < -0.39 is 11.6 Å². The lowest BCUT2D eigenvalue weighted by Gasteiger charge is -2.12. The molecule has 2 amide bonds. The first-order valence-corrected chi connectivity index (χ1v) is 6.51. The highest BCUT2D eigenvalue weighted by atomic mass is 79.9. The number of nitrogens with one attached hydrogen (secondary N) is 2. The molecule has 2 N–H and O–H groups in total. The predicted molar refractivity (Wildman–Crippen MR) is 72.9 cm³/mol. The summed E-state index contributed by atoms with van der Waals surface area (Å²) in [6, 6.07) is 2.32. The molecule has 1 aromatic carbocycles. The fourth-order valence-corrected chi connectivity index (χ4v) is 1.73. The molecule has 0 saturated carbocycles. The Morgan fingerprint density at radius 3 is 2.63 bits per heavy atom.